The number of allylic oxidation sites excluding steroid dienone is 1. The zero-order valence-corrected chi connectivity index (χ0v) is 17.6. The molecule has 0 radical (unpaired) electrons. The zero-order valence-electron chi connectivity index (χ0n) is 16.0. The molecule has 0 bridgehead atoms. The number of thioether (sulfide) groups is 1. The van der Waals surface area contributed by atoms with E-state index in [4.69, 9.17) is 16.3 Å². The van der Waals surface area contributed by atoms with Gasteiger partial charge in [-0.1, -0.05) is 23.7 Å². The Balaban J connectivity index is 1.54. The molecule has 0 aromatic heterocycles. The Morgan fingerprint density at radius 1 is 1.34 bits per heavy atom. The second-order valence-corrected chi connectivity index (χ2v) is 9.79. The first kappa shape index (κ1) is 19.9. The predicted molar refractivity (Wildman–Crippen MR) is 108 cm³/mol. The Morgan fingerprint density at radius 2 is 2.03 bits per heavy atom. The van der Waals surface area contributed by atoms with Crippen LogP contribution in [0, 0.1) is 0 Å². The summed E-state index contributed by atoms with van der Waals surface area (Å²) in [4.78, 5) is 40.3. The number of β-lactam (4-membered cyclic amide) rings is 1. The molecule has 2 amide bonds. The van der Waals surface area contributed by atoms with Crippen LogP contribution >= 0.6 is 23.4 Å². The molecule has 1 aromatic carbocycles. The number of hydrogen-bond donors (Lipinski definition) is 2. The van der Waals surface area contributed by atoms with Crippen molar-refractivity contribution in [1.82, 2.24) is 10.2 Å². The summed E-state index contributed by atoms with van der Waals surface area (Å²) in [7, 11) is 0. The second kappa shape index (κ2) is 6.84. The smallest absolute Gasteiger partial charge is 0.327 e. The van der Waals surface area contributed by atoms with Gasteiger partial charge in [0, 0.05) is 4.75 Å². The van der Waals surface area contributed by atoms with Crippen LogP contribution in [0.1, 0.15) is 20.8 Å². The zero-order chi connectivity index (χ0) is 21.1. The van der Waals surface area contributed by atoms with E-state index >= 15 is 0 Å². The molecular formula is C19H20ClN3O5S. The Labute approximate surface area is 176 Å². The number of ether oxygens (including phenoxy) is 1. The highest BCUT2D eigenvalue weighted by molar-refractivity contribution is 8.01. The number of carbonyl (C=O) groups excluding carboxylic acids is 2. The third-order valence-corrected chi connectivity index (χ3v) is 7.22. The second-order valence-electron chi connectivity index (χ2n) is 7.61. The van der Waals surface area contributed by atoms with E-state index in [9.17, 15) is 19.5 Å². The molecule has 2 saturated heterocycles. The van der Waals surface area contributed by atoms with Crippen LogP contribution in [0.15, 0.2) is 35.7 Å². The third kappa shape index (κ3) is 3.03. The average molecular weight is 438 g/mol. The van der Waals surface area contributed by atoms with Gasteiger partial charge in [-0.2, -0.15) is 0 Å². The highest BCUT2D eigenvalue weighted by Crippen LogP contribution is 2.50. The van der Waals surface area contributed by atoms with E-state index in [1.54, 1.807) is 49.9 Å². The Hall–Kier alpha value is -2.39. The van der Waals surface area contributed by atoms with Crippen LogP contribution in [0.4, 0.5) is 5.69 Å². The molecule has 3 aliphatic rings. The molecule has 0 spiro atoms. The molecule has 3 atom stereocenters. The predicted octanol–water partition coefficient (Wildman–Crippen LogP) is 2.00. The number of carboxylic acids is 1. The number of amides is 2. The summed E-state index contributed by atoms with van der Waals surface area (Å²) in [6, 6.07) is 5.38. The van der Waals surface area contributed by atoms with E-state index in [0.29, 0.717) is 16.5 Å². The highest BCUT2D eigenvalue weighted by atomic mass is 35.5. The summed E-state index contributed by atoms with van der Waals surface area (Å²) in [5.41, 5.74) is 0.904. The number of carbonyl (C=O) groups is 3. The number of aliphatic carboxylic acids is 1. The summed E-state index contributed by atoms with van der Waals surface area (Å²) in [5, 5.41) is 12.3. The molecule has 154 valence electrons. The van der Waals surface area contributed by atoms with Crippen molar-refractivity contribution in [2.24, 2.45) is 0 Å². The number of nitrogens with one attached hydrogen (secondary N) is 1. The van der Waals surface area contributed by atoms with Gasteiger partial charge in [0.1, 0.15) is 28.9 Å². The van der Waals surface area contributed by atoms with Crippen LogP contribution in [0.25, 0.3) is 0 Å². The number of nitrogens with zero attached hydrogens (tertiary/aromatic N) is 2. The van der Waals surface area contributed by atoms with Gasteiger partial charge in [-0.15, -0.1) is 11.8 Å². The molecule has 0 saturated carbocycles. The van der Waals surface area contributed by atoms with Gasteiger partial charge in [0.05, 0.1) is 10.7 Å². The van der Waals surface area contributed by atoms with E-state index in [1.807, 2.05) is 0 Å². The summed E-state index contributed by atoms with van der Waals surface area (Å²) >= 11 is 7.65. The first-order valence-electron chi connectivity index (χ1n) is 9.03. The fraction of sp³-hybridized carbons (Fsp3) is 0.421. The normalized spacial score (nSPS) is 27.4. The molecule has 2 fully saturated rings. The number of rotatable bonds is 4. The van der Waals surface area contributed by atoms with Crippen molar-refractivity contribution in [3.63, 3.8) is 0 Å². The quantitative estimate of drug-likeness (QED) is 0.695. The molecule has 3 aliphatic heterocycles. The maximum atomic E-state index is 13.0. The van der Waals surface area contributed by atoms with Gasteiger partial charge in [-0.3, -0.25) is 14.5 Å². The van der Waals surface area contributed by atoms with Gasteiger partial charge in [0.15, 0.2) is 6.73 Å². The monoisotopic (exact) mass is 437 g/mol. The van der Waals surface area contributed by atoms with Gasteiger partial charge >= 0.3 is 5.97 Å². The lowest BCUT2D eigenvalue weighted by atomic mass is 9.96. The van der Waals surface area contributed by atoms with Crippen LogP contribution in [-0.4, -0.2) is 56.7 Å². The molecule has 1 aromatic rings. The SMILES string of the molecule is CC1=C(C(=O)N[C@@H]2C(=O)N3[C@@H]2SC(C)(C)[C@H]3C(=O)O)N(c2ccccc2Cl)CO1. The molecule has 3 heterocycles. The number of halogens is 1. The van der Waals surface area contributed by atoms with Gasteiger partial charge in [0.25, 0.3) is 5.91 Å². The van der Waals surface area contributed by atoms with Crippen LogP contribution < -0.4 is 10.2 Å². The van der Waals surface area contributed by atoms with Gasteiger partial charge in [0.2, 0.25) is 5.91 Å². The molecule has 0 aliphatic carbocycles. The summed E-state index contributed by atoms with van der Waals surface area (Å²) in [5.74, 6) is -1.48. The summed E-state index contributed by atoms with van der Waals surface area (Å²) in [6.07, 6.45) is 0. The molecule has 0 unspecified atom stereocenters. The van der Waals surface area contributed by atoms with E-state index in [0.717, 1.165) is 0 Å². The minimum Gasteiger partial charge on any atom is -0.480 e. The van der Waals surface area contributed by atoms with Crippen molar-refractivity contribution in [3.8, 4) is 0 Å². The molecule has 29 heavy (non-hydrogen) atoms. The standard InChI is InChI=1S/C19H20ClN3O5S/c1-9-13(22(8-28-9)11-7-5-4-6-10(11)20)15(24)21-12-16(25)23-14(18(26)27)19(2,3)29-17(12)23/h4-7,12,14,17H,8H2,1-3H3,(H,21,24)(H,26,27)/t12-,14-,17-/m1/s1. The number of para-hydroxylation sites is 1. The third-order valence-electron chi connectivity index (χ3n) is 5.33. The average Bonchev–Trinajstić information content (AvgIpc) is 3.15. The minimum atomic E-state index is -1.05. The van der Waals surface area contributed by atoms with E-state index in [-0.39, 0.29) is 12.4 Å². The van der Waals surface area contributed by atoms with Crippen LogP contribution in [0.3, 0.4) is 0 Å². The van der Waals surface area contributed by atoms with Gasteiger partial charge < -0.3 is 20.1 Å². The van der Waals surface area contributed by atoms with Crippen molar-refractivity contribution >= 4 is 46.8 Å². The number of fused-ring (bicyclic) bond motifs is 1. The molecule has 4 rings (SSSR count). The van der Waals surface area contributed by atoms with E-state index in [2.05, 4.69) is 5.32 Å². The summed E-state index contributed by atoms with van der Waals surface area (Å²) in [6.45, 7) is 5.39. The molecule has 8 nitrogen and oxygen atoms in total. The molecular weight excluding hydrogens is 418 g/mol. The van der Waals surface area contributed by atoms with E-state index < -0.39 is 40.0 Å². The van der Waals surface area contributed by atoms with Gasteiger partial charge in [-0.05, 0) is 32.9 Å². The minimum absolute atomic E-state index is 0.134. The first-order chi connectivity index (χ1) is 13.6. The van der Waals surface area contributed by atoms with Crippen LogP contribution in [0.5, 0.6) is 0 Å². The van der Waals surface area contributed by atoms with Crippen LogP contribution in [-0.2, 0) is 19.1 Å². The number of hydrogen-bond acceptors (Lipinski definition) is 6. The highest BCUT2D eigenvalue weighted by Gasteiger charge is 2.64. The maximum absolute atomic E-state index is 13.0. The lowest BCUT2D eigenvalue weighted by molar-refractivity contribution is -0.160. The Bertz CT molecular complexity index is 950. The largest absolute Gasteiger partial charge is 0.480 e. The first-order valence-corrected chi connectivity index (χ1v) is 10.3. The lowest BCUT2D eigenvalue weighted by Gasteiger charge is -2.43. The fourth-order valence-corrected chi connectivity index (χ4v) is 5.85. The van der Waals surface area contributed by atoms with Crippen molar-refractivity contribution in [2.45, 2.75) is 43.0 Å². The number of carboxylic acid groups (broad SMARTS) is 1. The van der Waals surface area contributed by atoms with Crippen molar-refractivity contribution < 1.29 is 24.2 Å². The Kier molecular flexibility index (Phi) is 4.70. The Morgan fingerprint density at radius 3 is 2.69 bits per heavy atom. The fourth-order valence-electron chi connectivity index (χ4n) is 3.98. The number of anilines is 1. The van der Waals surface area contributed by atoms with Crippen molar-refractivity contribution in [1.29, 1.82) is 0 Å². The van der Waals surface area contributed by atoms with E-state index in [1.165, 1.54) is 16.7 Å². The summed E-state index contributed by atoms with van der Waals surface area (Å²) < 4.78 is 4.89. The van der Waals surface area contributed by atoms with Crippen molar-refractivity contribution in [2.75, 3.05) is 11.6 Å². The maximum Gasteiger partial charge on any atom is 0.327 e. The topological polar surface area (TPSA) is 99.2 Å². The molecule has 2 N–H and O–H groups in total. The van der Waals surface area contributed by atoms with Crippen LogP contribution in [0.2, 0.25) is 5.02 Å². The number of benzene rings is 1. The van der Waals surface area contributed by atoms with Crippen molar-refractivity contribution in [3.05, 3.63) is 40.7 Å². The lowest BCUT2D eigenvalue weighted by Crippen LogP contribution is -2.70. The molecule has 10 heteroatoms. The van der Waals surface area contributed by atoms with Gasteiger partial charge in [-0.25, -0.2) is 4.79 Å².